The van der Waals surface area contributed by atoms with E-state index in [9.17, 15) is 13.2 Å². The molecule has 1 aromatic heterocycles. The van der Waals surface area contributed by atoms with Crippen LogP contribution in [0.15, 0.2) is 89.3 Å². The molecule has 0 fully saturated rings. The van der Waals surface area contributed by atoms with Crippen LogP contribution >= 0.6 is 11.3 Å². The van der Waals surface area contributed by atoms with Crippen LogP contribution in [0, 0.1) is 13.8 Å². The number of aromatic nitrogens is 1. The molecule has 1 amide bonds. The summed E-state index contributed by atoms with van der Waals surface area (Å²) in [6, 6.07) is 19.5. The minimum Gasteiger partial charge on any atom is -0.312 e. The van der Waals surface area contributed by atoms with Crippen LogP contribution in [0.1, 0.15) is 27.0 Å². The number of benzene rings is 3. The van der Waals surface area contributed by atoms with Crippen LogP contribution in [0.4, 0.5) is 0 Å². The summed E-state index contributed by atoms with van der Waals surface area (Å²) in [6.45, 7) is 8.73. The lowest BCUT2D eigenvalue weighted by atomic mass is 10.1. The Morgan fingerprint density at radius 1 is 1.06 bits per heavy atom. The third-order valence-corrected chi connectivity index (χ3v) is 8.72. The molecule has 0 N–H and O–H groups in total. The molecule has 4 aromatic rings. The summed E-state index contributed by atoms with van der Waals surface area (Å²) in [5.41, 5.74) is 4.57. The highest BCUT2D eigenvalue weighted by molar-refractivity contribution is 7.89. The molecule has 0 spiro atoms. The third kappa shape index (κ3) is 5.19. The van der Waals surface area contributed by atoms with E-state index in [1.165, 1.54) is 51.0 Å². The SMILES string of the molecule is C=CCn1c(=NC(=O)c2ccc(S(=O)(=O)N(C)Cc3ccccc3)cc2)sc2cc(C)c(C)cc21. The molecule has 8 heteroatoms. The second-order valence-corrected chi connectivity index (χ2v) is 11.4. The van der Waals surface area contributed by atoms with Crippen molar-refractivity contribution in [2.75, 3.05) is 7.05 Å². The maximum atomic E-state index is 13.0. The van der Waals surface area contributed by atoms with Gasteiger partial charge in [-0.3, -0.25) is 4.79 Å². The number of hydrogen-bond donors (Lipinski definition) is 0. The van der Waals surface area contributed by atoms with E-state index in [1.807, 2.05) is 34.9 Å². The Bertz CT molecular complexity index is 1570. The average molecular weight is 506 g/mol. The first-order valence-electron chi connectivity index (χ1n) is 11.1. The highest BCUT2D eigenvalue weighted by Crippen LogP contribution is 2.22. The first-order valence-corrected chi connectivity index (χ1v) is 13.4. The molecule has 3 aromatic carbocycles. The molecular formula is C27H27N3O3S2. The normalized spacial score (nSPS) is 12.4. The van der Waals surface area contributed by atoms with Crippen LogP contribution in [0.5, 0.6) is 0 Å². The van der Waals surface area contributed by atoms with Gasteiger partial charge in [-0.2, -0.15) is 9.30 Å². The molecule has 4 rings (SSSR count). The summed E-state index contributed by atoms with van der Waals surface area (Å²) in [5.74, 6) is -0.426. The summed E-state index contributed by atoms with van der Waals surface area (Å²) in [7, 11) is -2.16. The van der Waals surface area contributed by atoms with Gasteiger partial charge in [0, 0.05) is 25.7 Å². The van der Waals surface area contributed by atoms with Gasteiger partial charge in [0.05, 0.1) is 15.1 Å². The van der Waals surface area contributed by atoms with Crippen molar-refractivity contribution in [3.8, 4) is 0 Å². The fourth-order valence-corrected chi connectivity index (χ4v) is 6.02. The molecule has 0 radical (unpaired) electrons. The second kappa shape index (κ2) is 10.1. The molecule has 0 aliphatic heterocycles. The average Bonchev–Trinajstić information content (AvgIpc) is 3.15. The molecule has 180 valence electrons. The number of rotatable bonds is 7. The van der Waals surface area contributed by atoms with Gasteiger partial charge in [0.1, 0.15) is 0 Å². The topological polar surface area (TPSA) is 71.7 Å². The largest absolute Gasteiger partial charge is 0.312 e. The molecule has 0 aliphatic rings. The van der Waals surface area contributed by atoms with Crippen molar-refractivity contribution in [3.05, 3.63) is 106 Å². The molecule has 35 heavy (non-hydrogen) atoms. The smallest absolute Gasteiger partial charge is 0.279 e. The van der Waals surface area contributed by atoms with Crippen LogP contribution < -0.4 is 4.80 Å². The summed E-state index contributed by atoms with van der Waals surface area (Å²) >= 11 is 1.45. The quantitative estimate of drug-likeness (QED) is 0.329. The summed E-state index contributed by atoms with van der Waals surface area (Å²) in [4.78, 5) is 18.0. The van der Waals surface area contributed by atoms with Gasteiger partial charge in [-0.05, 0) is 66.9 Å². The number of allylic oxidation sites excluding steroid dienone is 1. The van der Waals surface area contributed by atoms with E-state index in [1.54, 1.807) is 13.1 Å². The van der Waals surface area contributed by atoms with Gasteiger partial charge >= 0.3 is 0 Å². The summed E-state index contributed by atoms with van der Waals surface area (Å²) in [6.07, 6.45) is 1.77. The predicted molar refractivity (Wildman–Crippen MR) is 141 cm³/mol. The van der Waals surface area contributed by atoms with Crippen molar-refractivity contribution < 1.29 is 13.2 Å². The zero-order valence-electron chi connectivity index (χ0n) is 19.9. The van der Waals surface area contributed by atoms with Gasteiger partial charge in [-0.25, -0.2) is 8.42 Å². The van der Waals surface area contributed by atoms with E-state index in [0.717, 1.165) is 15.8 Å². The highest BCUT2D eigenvalue weighted by atomic mass is 32.2. The molecule has 0 unspecified atom stereocenters. The van der Waals surface area contributed by atoms with Crippen molar-refractivity contribution in [2.24, 2.45) is 4.99 Å². The standard InChI is InChI=1S/C27H27N3O3S2/c1-5-15-30-24-16-19(2)20(3)17-25(24)34-27(30)28-26(31)22-11-13-23(14-12-22)35(32,33)29(4)18-21-9-7-6-8-10-21/h5-14,16-17H,1,15,18H2,2-4H3. The fraction of sp³-hybridized carbons (Fsp3) is 0.185. The van der Waals surface area contributed by atoms with Gasteiger partial charge in [0.2, 0.25) is 10.0 Å². The van der Waals surface area contributed by atoms with E-state index in [2.05, 4.69) is 37.6 Å². The number of thiazole rings is 1. The van der Waals surface area contributed by atoms with Crippen LogP contribution in [-0.2, 0) is 23.1 Å². The summed E-state index contributed by atoms with van der Waals surface area (Å²) < 4.78 is 30.3. The number of fused-ring (bicyclic) bond motifs is 1. The fourth-order valence-electron chi connectivity index (χ4n) is 3.74. The predicted octanol–water partition coefficient (Wildman–Crippen LogP) is 5.07. The van der Waals surface area contributed by atoms with Crippen molar-refractivity contribution in [1.29, 1.82) is 0 Å². The number of aryl methyl sites for hydroxylation is 2. The molecule has 0 saturated carbocycles. The zero-order valence-corrected chi connectivity index (χ0v) is 21.6. The minimum atomic E-state index is -3.70. The maximum Gasteiger partial charge on any atom is 0.279 e. The van der Waals surface area contributed by atoms with Crippen molar-refractivity contribution in [2.45, 2.75) is 31.8 Å². The Morgan fingerprint density at radius 2 is 1.71 bits per heavy atom. The van der Waals surface area contributed by atoms with Crippen molar-refractivity contribution >= 4 is 37.5 Å². The zero-order chi connectivity index (χ0) is 25.2. The number of carbonyl (C=O) groups is 1. The molecule has 0 aliphatic carbocycles. The Morgan fingerprint density at radius 3 is 2.37 bits per heavy atom. The molecular weight excluding hydrogens is 478 g/mol. The van der Waals surface area contributed by atoms with E-state index in [-0.39, 0.29) is 11.4 Å². The number of hydrogen-bond acceptors (Lipinski definition) is 4. The van der Waals surface area contributed by atoms with Crippen molar-refractivity contribution in [3.63, 3.8) is 0 Å². The van der Waals surface area contributed by atoms with Gasteiger partial charge in [-0.15, -0.1) is 6.58 Å². The lowest BCUT2D eigenvalue weighted by Gasteiger charge is -2.17. The molecule has 1 heterocycles. The number of amides is 1. The van der Waals surface area contributed by atoms with Gasteiger partial charge in [0.25, 0.3) is 5.91 Å². The van der Waals surface area contributed by atoms with E-state index >= 15 is 0 Å². The van der Waals surface area contributed by atoms with Gasteiger partial charge in [-0.1, -0.05) is 47.7 Å². The number of nitrogens with zero attached hydrogens (tertiary/aromatic N) is 3. The maximum absolute atomic E-state index is 13.0. The molecule has 6 nitrogen and oxygen atoms in total. The van der Waals surface area contributed by atoms with Gasteiger partial charge < -0.3 is 4.57 Å². The number of carbonyl (C=O) groups excluding carboxylic acids is 1. The number of sulfonamides is 1. The Balaban J connectivity index is 1.62. The van der Waals surface area contributed by atoms with Crippen LogP contribution in [0.2, 0.25) is 0 Å². The Kier molecular flexibility index (Phi) is 7.16. The second-order valence-electron chi connectivity index (χ2n) is 8.38. The monoisotopic (exact) mass is 505 g/mol. The van der Waals surface area contributed by atoms with Crippen LogP contribution in [0.25, 0.3) is 10.2 Å². The first-order chi connectivity index (χ1) is 16.7. The van der Waals surface area contributed by atoms with Crippen LogP contribution in [0.3, 0.4) is 0 Å². The van der Waals surface area contributed by atoms with E-state index in [0.29, 0.717) is 16.9 Å². The first kappa shape index (κ1) is 24.8. The highest BCUT2D eigenvalue weighted by Gasteiger charge is 2.21. The molecule has 0 bridgehead atoms. The van der Waals surface area contributed by atoms with E-state index < -0.39 is 15.9 Å². The lowest BCUT2D eigenvalue weighted by Crippen LogP contribution is -2.26. The van der Waals surface area contributed by atoms with E-state index in [4.69, 9.17) is 0 Å². The lowest BCUT2D eigenvalue weighted by molar-refractivity contribution is 0.0998. The molecule has 0 saturated heterocycles. The third-order valence-electron chi connectivity index (χ3n) is 5.86. The molecule has 0 atom stereocenters. The van der Waals surface area contributed by atoms with Gasteiger partial charge in [0.15, 0.2) is 4.80 Å². The van der Waals surface area contributed by atoms with Crippen LogP contribution in [-0.4, -0.2) is 30.2 Å². The van der Waals surface area contributed by atoms with Crippen molar-refractivity contribution in [1.82, 2.24) is 8.87 Å². The Labute approximate surface area is 209 Å². The summed E-state index contributed by atoms with van der Waals surface area (Å²) in [5, 5.41) is 0. The Hall–Kier alpha value is -3.33. The minimum absolute atomic E-state index is 0.127.